The van der Waals surface area contributed by atoms with E-state index < -0.39 is 0 Å². The van der Waals surface area contributed by atoms with Crippen LogP contribution in [0.5, 0.6) is 0 Å². The summed E-state index contributed by atoms with van der Waals surface area (Å²) >= 11 is 0. The molecule has 0 saturated carbocycles. The number of pyridine rings is 1. The Morgan fingerprint density at radius 2 is 1.70 bits per heavy atom. The second-order valence-electron chi connectivity index (χ2n) is 6.33. The predicted molar refractivity (Wildman–Crippen MR) is 103 cm³/mol. The van der Waals surface area contributed by atoms with E-state index in [1.54, 1.807) is 12.1 Å². The van der Waals surface area contributed by atoms with Crippen LogP contribution >= 0.6 is 0 Å². The standard InChI is InChI=1S/C21H16FN5/c22-16-8-6-15(7-9-16)19-25-21-17(20-23-12-13-24-20)10-11-18(27(21)26-19)14-4-2-1-3-5-14/h1-11H,12-13H2,(H,23,24). The van der Waals surface area contributed by atoms with Crippen molar-refractivity contribution < 1.29 is 4.39 Å². The Kier molecular flexibility index (Phi) is 3.67. The lowest BCUT2D eigenvalue weighted by Crippen LogP contribution is -2.20. The highest BCUT2D eigenvalue weighted by atomic mass is 19.1. The molecule has 0 bridgehead atoms. The molecule has 1 aliphatic rings. The molecule has 1 N–H and O–H groups in total. The van der Waals surface area contributed by atoms with Gasteiger partial charge in [0.05, 0.1) is 17.8 Å². The minimum Gasteiger partial charge on any atom is -0.368 e. The number of aliphatic imine (C=N–C) groups is 1. The van der Waals surface area contributed by atoms with Crippen molar-refractivity contribution in [1.82, 2.24) is 19.9 Å². The predicted octanol–water partition coefficient (Wildman–Crippen LogP) is 3.55. The van der Waals surface area contributed by atoms with Gasteiger partial charge < -0.3 is 5.32 Å². The molecule has 0 radical (unpaired) electrons. The molecule has 0 aliphatic carbocycles. The molecule has 2 aromatic heterocycles. The van der Waals surface area contributed by atoms with E-state index in [0.717, 1.165) is 47.0 Å². The van der Waals surface area contributed by atoms with Crippen molar-refractivity contribution in [2.45, 2.75) is 0 Å². The number of hydrogen-bond donors (Lipinski definition) is 1. The minimum atomic E-state index is -0.280. The average Bonchev–Trinajstić information content (AvgIpc) is 3.39. The van der Waals surface area contributed by atoms with E-state index in [1.807, 2.05) is 47.0 Å². The fraction of sp³-hybridized carbons (Fsp3) is 0.0952. The molecule has 0 unspecified atom stereocenters. The maximum Gasteiger partial charge on any atom is 0.182 e. The zero-order chi connectivity index (χ0) is 18.2. The van der Waals surface area contributed by atoms with Gasteiger partial charge in [0.15, 0.2) is 11.5 Å². The third kappa shape index (κ3) is 2.75. The average molecular weight is 357 g/mol. The van der Waals surface area contributed by atoms with Crippen molar-refractivity contribution in [3.63, 3.8) is 0 Å². The summed E-state index contributed by atoms with van der Waals surface area (Å²) in [5.41, 5.74) is 4.39. The first-order chi connectivity index (χ1) is 13.3. The summed E-state index contributed by atoms with van der Waals surface area (Å²) in [5.74, 6) is 1.11. The van der Waals surface area contributed by atoms with E-state index in [9.17, 15) is 4.39 Å². The monoisotopic (exact) mass is 357 g/mol. The van der Waals surface area contributed by atoms with Crippen molar-refractivity contribution in [2.75, 3.05) is 13.1 Å². The molecular weight excluding hydrogens is 341 g/mol. The Hall–Kier alpha value is -3.54. The van der Waals surface area contributed by atoms with Crippen LogP contribution in [0.4, 0.5) is 4.39 Å². The van der Waals surface area contributed by atoms with Crippen molar-refractivity contribution in [1.29, 1.82) is 0 Å². The molecular formula is C21H16FN5. The lowest BCUT2D eigenvalue weighted by Gasteiger charge is -2.08. The maximum atomic E-state index is 13.3. The molecule has 1 aliphatic heterocycles. The topological polar surface area (TPSA) is 54.6 Å². The summed E-state index contributed by atoms with van der Waals surface area (Å²) in [5, 5.41) is 8.02. The van der Waals surface area contributed by atoms with Gasteiger partial charge in [-0.25, -0.2) is 13.9 Å². The number of nitrogens with one attached hydrogen (secondary N) is 1. The summed E-state index contributed by atoms with van der Waals surface area (Å²) < 4.78 is 15.1. The Morgan fingerprint density at radius 1 is 0.889 bits per heavy atom. The third-order valence-corrected chi connectivity index (χ3v) is 4.59. The summed E-state index contributed by atoms with van der Waals surface area (Å²) in [6.45, 7) is 1.57. The Bertz CT molecular complexity index is 1150. The Labute approximate surface area is 155 Å². The number of fused-ring (bicyclic) bond motifs is 1. The fourth-order valence-corrected chi connectivity index (χ4v) is 3.27. The summed E-state index contributed by atoms with van der Waals surface area (Å²) in [6, 6.07) is 20.3. The van der Waals surface area contributed by atoms with E-state index in [-0.39, 0.29) is 5.82 Å². The number of halogens is 1. The molecule has 0 saturated heterocycles. The summed E-state index contributed by atoms with van der Waals surface area (Å²) in [6.07, 6.45) is 0. The van der Waals surface area contributed by atoms with Crippen molar-refractivity contribution in [3.05, 3.63) is 78.1 Å². The zero-order valence-corrected chi connectivity index (χ0v) is 14.4. The lowest BCUT2D eigenvalue weighted by molar-refractivity contribution is 0.628. The van der Waals surface area contributed by atoms with E-state index >= 15 is 0 Å². The van der Waals surface area contributed by atoms with Gasteiger partial charge in [0, 0.05) is 17.7 Å². The molecule has 132 valence electrons. The second-order valence-corrected chi connectivity index (χ2v) is 6.33. The van der Waals surface area contributed by atoms with Gasteiger partial charge in [-0.1, -0.05) is 30.3 Å². The van der Waals surface area contributed by atoms with Crippen molar-refractivity contribution >= 4 is 11.5 Å². The van der Waals surface area contributed by atoms with Crippen LogP contribution in [0, 0.1) is 5.82 Å². The first-order valence-electron chi connectivity index (χ1n) is 8.79. The first-order valence-corrected chi connectivity index (χ1v) is 8.79. The van der Waals surface area contributed by atoms with Crippen LogP contribution < -0.4 is 5.32 Å². The van der Waals surface area contributed by atoms with Crippen LogP contribution in [0.3, 0.4) is 0 Å². The van der Waals surface area contributed by atoms with E-state index in [1.165, 1.54) is 12.1 Å². The molecule has 5 rings (SSSR count). The summed E-state index contributed by atoms with van der Waals surface area (Å²) in [7, 11) is 0. The molecule has 0 spiro atoms. The first kappa shape index (κ1) is 15.7. The molecule has 27 heavy (non-hydrogen) atoms. The van der Waals surface area contributed by atoms with E-state index in [4.69, 9.17) is 10.1 Å². The van der Waals surface area contributed by atoms with Gasteiger partial charge in [0.2, 0.25) is 0 Å². The van der Waals surface area contributed by atoms with Crippen LogP contribution in [0.1, 0.15) is 5.56 Å². The number of benzene rings is 2. The molecule has 0 amide bonds. The minimum absolute atomic E-state index is 0.280. The second kappa shape index (κ2) is 6.32. The number of rotatable bonds is 3. The molecule has 6 heteroatoms. The maximum absolute atomic E-state index is 13.3. The Balaban J connectivity index is 1.75. The van der Waals surface area contributed by atoms with Crippen LogP contribution in [-0.4, -0.2) is 33.5 Å². The SMILES string of the molecule is Fc1ccc(-c2nc3c(C4=NCCN4)ccc(-c4ccccc4)n3n2)cc1. The van der Waals surface area contributed by atoms with Crippen molar-refractivity contribution in [2.24, 2.45) is 4.99 Å². The van der Waals surface area contributed by atoms with Crippen LogP contribution in [-0.2, 0) is 0 Å². The quantitative estimate of drug-likeness (QED) is 0.610. The summed E-state index contributed by atoms with van der Waals surface area (Å²) in [4.78, 5) is 9.28. The van der Waals surface area contributed by atoms with E-state index in [0.29, 0.717) is 5.82 Å². The fourth-order valence-electron chi connectivity index (χ4n) is 3.27. The largest absolute Gasteiger partial charge is 0.368 e. The van der Waals surface area contributed by atoms with Crippen molar-refractivity contribution in [3.8, 4) is 22.6 Å². The smallest absolute Gasteiger partial charge is 0.182 e. The molecule has 2 aromatic carbocycles. The van der Waals surface area contributed by atoms with Crippen LogP contribution in [0.25, 0.3) is 28.3 Å². The molecule has 3 heterocycles. The normalized spacial score (nSPS) is 13.6. The van der Waals surface area contributed by atoms with Gasteiger partial charge in [-0.3, -0.25) is 4.99 Å². The van der Waals surface area contributed by atoms with Gasteiger partial charge in [-0.15, -0.1) is 5.10 Å². The molecule has 0 atom stereocenters. The molecule has 4 aromatic rings. The number of amidine groups is 1. The third-order valence-electron chi connectivity index (χ3n) is 4.59. The highest BCUT2D eigenvalue weighted by molar-refractivity contribution is 6.05. The van der Waals surface area contributed by atoms with Gasteiger partial charge in [-0.05, 0) is 36.4 Å². The van der Waals surface area contributed by atoms with Crippen LogP contribution in [0.2, 0.25) is 0 Å². The number of nitrogens with zero attached hydrogens (tertiary/aromatic N) is 4. The van der Waals surface area contributed by atoms with Gasteiger partial charge in [0.25, 0.3) is 0 Å². The van der Waals surface area contributed by atoms with Gasteiger partial charge >= 0.3 is 0 Å². The van der Waals surface area contributed by atoms with E-state index in [2.05, 4.69) is 10.3 Å². The number of hydrogen-bond acceptors (Lipinski definition) is 4. The highest BCUT2D eigenvalue weighted by Gasteiger charge is 2.18. The Morgan fingerprint density at radius 3 is 2.44 bits per heavy atom. The van der Waals surface area contributed by atoms with Gasteiger partial charge in [-0.2, -0.15) is 0 Å². The molecule has 0 fully saturated rings. The molecule has 5 nitrogen and oxygen atoms in total. The highest BCUT2D eigenvalue weighted by Crippen LogP contribution is 2.25. The lowest BCUT2D eigenvalue weighted by atomic mass is 10.1. The van der Waals surface area contributed by atoms with Gasteiger partial charge in [0.1, 0.15) is 11.7 Å². The number of aromatic nitrogens is 3. The van der Waals surface area contributed by atoms with Crippen LogP contribution in [0.15, 0.2) is 71.7 Å². The zero-order valence-electron chi connectivity index (χ0n) is 14.4.